The lowest BCUT2D eigenvalue weighted by atomic mass is 9.93. The van der Waals surface area contributed by atoms with Crippen LogP contribution in [0.25, 0.3) is 0 Å². The van der Waals surface area contributed by atoms with Gasteiger partial charge in [0.05, 0.1) is 18.9 Å². The first kappa shape index (κ1) is 22.0. The Bertz CT molecular complexity index is 642. The van der Waals surface area contributed by atoms with E-state index < -0.39 is 18.1 Å². The molecule has 1 aliphatic heterocycles. The molecule has 0 aromatic carbocycles. The number of rotatable bonds is 12. The number of amides is 1. The van der Waals surface area contributed by atoms with Crippen molar-refractivity contribution in [2.45, 2.75) is 77.5 Å². The number of carbonyl (C=O) groups excluding carboxylic acids is 2. The molecule has 7 heteroatoms. The Kier molecular flexibility index (Phi) is 8.54. The number of methoxy groups -OCH3 is 1. The molecular weight excluding hydrogens is 358 g/mol. The van der Waals surface area contributed by atoms with Gasteiger partial charge in [-0.3, -0.25) is 4.79 Å². The van der Waals surface area contributed by atoms with E-state index in [9.17, 15) is 9.59 Å². The fourth-order valence-electron chi connectivity index (χ4n) is 3.78. The number of nitrogens with zero attached hydrogens (tertiary/aromatic N) is 2. The smallest absolute Gasteiger partial charge is 0.328 e. The molecule has 0 bridgehead atoms. The van der Waals surface area contributed by atoms with E-state index in [4.69, 9.17) is 9.57 Å². The van der Waals surface area contributed by atoms with Crippen LogP contribution < -0.4 is 0 Å². The van der Waals surface area contributed by atoms with Gasteiger partial charge in [0, 0.05) is 18.8 Å². The molecule has 1 aromatic heterocycles. The first-order valence-corrected chi connectivity index (χ1v) is 10.2. The van der Waals surface area contributed by atoms with E-state index in [1.807, 2.05) is 26.1 Å². The van der Waals surface area contributed by atoms with E-state index in [-0.39, 0.29) is 12.0 Å². The van der Waals surface area contributed by atoms with Crippen molar-refractivity contribution in [2.24, 2.45) is 11.1 Å². The highest BCUT2D eigenvalue weighted by Gasteiger charge is 2.41. The topological polar surface area (TPSA) is 84.0 Å². The zero-order chi connectivity index (χ0) is 20.5. The number of nitrogens with one attached hydrogen (secondary N) is 1. The van der Waals surface area contributed by atoms with E-state index >= 15 is 0 Å². The number of aromatic nitrogens is 1. The third kappa shape index (κ3) is 5.36. The average molecular weight is 392 g/mol. The molecule has 7 nitrogen and oxygen atoms in total. The van der Waals surface area contributed by atoms with Gasteiger partial charge in [-0.15, -0.1) is 0 Å². The number of carbonyl (C=O) groups is 2. The lowest BCUT2D eigenvalue weighted by Gasteiger charge is -2.37. The molecule has 1 N–H and O–H groups in total. The van der Waals surface area contributed by atoms with Gasteiger partial charge in [-0.05, 0) is 30.4 Å². The molecule has 28 heavy (non-hydrogen) atoms. The molecule has 0 aliphatic carbocycles. The van der Waals surface area contributed by atoms with Gasteiger partial charge in [0.1, 0.15) is 6.04 Å². The summed E-state index contributed by atoms with van der Waals surface area (Å²) < 4.78 is 4.97. The standard InChI is InChI=1S/C21H33N3O4/c1-5-6-7-8-9-17-12-18(28-23-17)20(16-10-11-22-13-16)24(14-25)19(15(2)3)21(26)27-4/h10-11,13-15,18-20,22H,5-9,12H2,1-4H3/t18?,19-,20?/m0/s1. The van der Waals surface area contributed by atoms with Crippen molar-refractivity contribution in [3.63, 3.8) is 0 Å². The molecule has 156 valence electrons. The fraction of sp³-hybridized carbons (Fsp3) is 0.667. The number of ether oxygens (including phenoxy) is 1. The van der Waals surface area contributed by atoms with Crippen molar-refractivity contribution < 1.29 is 19.2 Å². The van der Waals surface area contributed by atoms with Crippen molar-refractivity contribution in [2.75, 3.05) is 7.11 Å². The molecule has 2 rings (SSSR count). The average Bonchev–Trinajstić information content (AvgIpc) is 3.36. The molecule has 3 atom stereocenters. The summed E-state index contributed by atoms with van der Waals surface area (Å²) in [4.78, 5) is 34.8. The van der Waals surface area contributed by atoms with E-state index in [2.05, 4.69) is 17.1 Å². The van der Waals surface area contributed by atoms with Gasteiger partial charge in [0.2, 0.25) is 6.41 Å². The van der Waals surface area contributed by atoms with Crippen LogP contribution in [0.1, 0.15) is 70.9 Å². The monoisotopic (exact) mass is 391 g/mol. The predicted molar refractivity (Wildman–Crippen MR) is 108 cm³/mol. The van der Waals surface area contributed by atoms with Crippen LogP contribution in [0.2, 0.25) is 0 Å². The minimum Gasteiger partial charge on any atom is -0.467 e. The van der Waals surface area contributed by atoms with E-state index in [1.54, 1.807) is 6.20 Å². The van der Waals surface area contributed by atoms with Crippen LogP contribution in [0.5, 0.6) is 0 Å². The second-order valence-electron chi connectivity index (χ2n) is 7.67. The van der Waals surface area contributed by atoms with Gasteiger partial charge < -0.3 is 19.5 Å². The van der Waals surface area contributed by atoms with E-state index in [1.165, 1.54) is 31.3 Å². The number of hydrogen-bond donors (Lipinski definition) is 1. The molecule has 2 unspecified atom stereocenters. The summed E-state index contributed by atoms with van der Waals surface area (Å²) in [5.74, 6) is -0.531. The minimum atomic E-state index is -0.695. The Morgan fingerprint density at radius 3 is 2.79 bits per heavy atom. The summed E-state index contributed by atoms with van der Waals surface area (Å²) in [7, 11) is 1.34. The third-order valence-electron chi connectivity index (χ3n) is 5.23. The van der Waals surface area contributed by atoms with Crippen molar-refractivity contribution >= 4 is 18.1 Å². The quantitative estimate of drug-likeness (QED) is 0.333. The maximum Gasteiger partial charge on any atom is 0.328 e. The Balaban J connectivity index is 2.19. The van der Waals surface area contributed by atoms with Gasteiger partial charge in [-0.2, -0.15) is 0 Å². The van der Waals surface area contributed by atoms with Crippen LogP contribution in [0, 0.1) is 5.92 Å². The highest BCUT2D eigenvalue weighted by Crippen LogP contribution is 2.34. The Morgan fingerprint density at radius 2 is 2.21 bits per heavy atom. The summed E-state index contributed by atoms with van der Waals surface area (Å²) in [5.41, 5.74) is 1.90. The molecule has 2 heterocycles. The zero-order valence-electron chi connectivity index (χ0n) is 17.4. The maximum absolute atomic E-state index is 12.4. The summed E-state index contributed by atoms with van der Waals surface area (Å²) in [5, 5.41) is 4.28. The number of H-pyrrole nitrogens is 1. The largest absolute Gasteiger partial charge is 0.467 e. The van der Waals surface area contributed by atoms with Crippen LogP contribution in [-0.2, 0) is 19.2 Å². The summed E-state index contributed by atoms with van der Waals surface area (Å²) in [6.07, 6.45) is 10.3. The molecule has 0 spiro atoms. The molecule has 1 amide bonds. The zero-order valence-corrected chi connectivity index (χ0v) is 17.4. The summed E-state index contributed by atoms with van der Waals surface area (Å²) >= 11 is 0. The molecule has 0 saturated heterocycles. The first-order valence-electron chi connectivity index (χ1n) is 10.2. The first-order chi connectivity index (χ1) is 13.5. The molecular formula is C21H33N3O4. The minimum absolute atomic E-state index is 0.102. The highest BCUT2D eigenvalue weighted by molar-refractivity contribution is 5.85. The Morgan fingerprint density at radius 1 is 1.43 bits per heavy atom. The summed E-state index contributed by atoms with van der Waals surface area (Å²) in [6, 6.07) is 0.782. The van der Waals surface area contributed by atoms with Crippen molar-refractivity contribution in [3.05, 3.63) is 24.0 Å². The number of esters is 1. The van der Waals surface area contributed by atoms with Crippen LogP contribution in [-0.4, -0.2) is 47.2 Å². The van der Waals surface area contributed by atoms with Gasteiger partial charge >= 0.3 is 5.97 Å². The number of unbranched alkanes of at least 4 members (excludes halogenated alkanes) is 3. The number of aromatic amines is 1. The summed E-state index contributed by atoms with van der Waals surface area (Å²) in [6.45, 7) is 5.99. The van der Waals surface area contributed by atoms with E-state index in [0.717, 1.165) is 30.5 Å². The molecule has 1 aromatic rings. The van der Waals surface area contributed by atoms with Crippen molar-refractivity contribution in [3.8, 4) is 0 Å². The molecule has 0 saturated carbocycles. The van der Waals surface area contributed by atoms with Crippen molar-refractivity contribution in [1.29, 1.82) is 0 Å². The highest BCUT2D eigenvalue weighted by atomic mass is 16.6. The number of oxime groups is 1. The lowest BCUT2D eigenvalue weighted by Crippen LogP contribution is -2.49. The van der Waals surface area contributed by atoms with Crippen LogP contribution in [0.4, 0.5) is 0 Å². The van der Waals surface area contributed by atoms with Crippen LogP contribution >= 0.6 is 0 Å². The maximum atomic E-state index is 12.4. The van der Waals surface area contributed by atoms with Gasteiger partial charge in [-0.1, -0.05) is 45.2 Å². The fourth-order valence-corrected chi connectivity index (χ4v) is 3.78. The second kappa shape index (κ2) is 10.9. The third-order valence-corrected chi connectivity index (χ3v) is 5.23. The van der Waals surface area contributed by atoms with Crippen LogP contribution in [0.3, 0.4) is 0 Å². The Hall–Kier alpha value is -2.31. The van der Waals surface area contributed by atoms with E-state index in [0.29, 0.717) is 6.42 Å². The lowest BCUT2D eigenvalue weighted by molar-refractivity contribution is -0.155. The van der Waals surface area contributed by atoms with Crippen LogP contribution in [0.15, 0.2) is 23.6 Å². The van der Waals surface area contributed by atoms with Gasteiger partial charge in [0.25, 0.3) is 0 Å². The second-order valence-corrected chi connectivity index (χ2v) is 7.67. The predicted octanol–water partition coefficient (Wildman–Crippen LogP) is 3.83. The molecule has 1 aliphatic rings. The van der Waals surface area contributed by atoms with Gasteiger partial charge in [0.15, 0.2) is 6.10 Å². The normalized spacial score (nSPS) is 18.3. The Labute approximate surface area is 167 Å². The molecule has 0 fully saturated rings. The number of hydrogen-bond acceptors (Lipinski definition) is 5. The SMILES string of the molecule is CCCCCCC1=NOC(C(c2cc[nH]c2)N(C=O)[C@H](C(=O)OC)C(C)C)C1. The molecule has 0 radical (unpaired) electrons. The van der Waals surface area contributed by atoms with Gasteiger partial charge in [-0.25, -0.2) is 4.79 Å². The van der Waals surface area contributed by atoms with Crippen molar-refractivity contribution in [1.82, 2.24) is 9.88 Å².